The van der Waals surface area contributed by atoms with Crippen LogP contribution in [0.4, 0.5) is 5.69 Å². The number of nitrogens with one attached hydrogen (secondary N) is 2. The number of amides is 2. The van der Waals surface area contributed by atoms with Crippen LogP contribution in [-0.2, 0) is 9.59 Å². The molecule has 5 nitrogen and oxygen atoms in total. The van der Waals surface area contributed by atoms with Gasteiger partial charge in [0, 0.05) is 9.26 Å². The van der Waals surface area contributed by atoms with E-state index in [1.54, 1.807) is 13.2 Å². The summed E-state index contributed by atoms with van der Waals surface area (Å²) >= 11 is 2.20. The maximum Gasteiger partial charge on any atom is 0.313 e. The zero-order valence-electron chi connectivity index (χ0n) is 13.7. The number of aryl methyl sites for hydroxylation is 1. The highest BCUT2D eigenvalue weighted by atomic mass is 127. The number of anilines is 1. The summed E-state index contributed by atoms with van der Waals surface area (Å²) in [6.45, 7) is 3.71. The molecule has 2 aromatic rings. The number of carbonyl (C=O) groups is 2. The Labute approximate surface area is 154 Å². The third-order valence-corrected chi connectivity index (χ3v) is 4.28. The van der Waals surface area contributed by atoms with Crippen LogP contribution in [0.1, 0.15) is 24.1 Å². The molecule has 2 aromatic carbocycles. The van der Waals surface area contributed by atoms with Crippen LogP contribution in [0.3, 0.4) is 0 Å². The van der Waals surface area contributed by atoms with Gasteiger partial charge in [0.15, 0.2) is 0 Å². The van der Waals surface area contributed by atoms with E-state index in [2.05, 4.69) is 33.2 Å². The molecule has 0 heterocycles. The van der Waals surface area contributed by atoms with Gasteiger partial charge in [-0.25, -0.2) is 0 Å². The standard InChI is InChI=1S/C18H19IN2O3/c1-11-10-14(19)6-9-16(11)21-18(23)17(22)20-12(2)13-4-7-15(24-3)8-5-13/h4-10,12H,1-3H3,(H,20,22)(H,21,23). The van der Waals surface area contributed by atoms with Gasteiger partial charge in [0.25, 0.3) is 0 Å². The number of hydrogen-bond acceptors (Lipinski definition) is 3. The van der Waals surface area contributed by atoms with Gasteiger partial charge in [-0.15, -0.1) is 0 Å². The summed E-state index contributed by atoms with van der Waals surface area (Å²) in [5, 5.41) is 5.33. The zero-order chi connectivity index (χ0) is 17.7. The molecule has 2 rings (SSSR count). The predicted octanol–water partition coefficient (Wildman–Crippen LogP) is 3.42. The summed E-state index contributed by atoms with van der Waals surface area (Å²) in [5.41, 5.74) is 2.43. The van der Waals surface area contributed by atoms with Gasteiger partial charge in [-0.3, -0.25) is 9.59 Å². The Hall–Kier alpha value is -2.09. The Bertz CT molecular complexity index is 744. The Balaban J connectivity index is 1.98. The molecule has 2 amide bonds. The molecule has 1 atom stereocenters. The van der Waals surface area contributed by atoms with Crippen LogP contribution < -0.4 is 15.4 Å². The van der Waals surface area contributed by atoms with Crippen LogP contribution in [0, 0.1) is 10.5 Å². The van der Waals surface area contributed by atoms with E-state index >= 15 is 0 Å². The molecule has 1 unspecified atom stereocenters. The van der Waals surface area contributed by atoms with Gasteiger partial charge in [0.05, 0.1) is 13.2 Å². The van der Waals surface area contributed by atoms with E-state index in [1.807, 2.05) is 50.2 Å². The zero-order valence-corrected chi connectivity index (χ0v) is 15.9. The quantitative estimate of drug-likeness (QED) is 0.568. The van der Waals surface area contributed by atoms with Crippen molar-refractivity contribution in [3.8, 4) is 5.75 Å². The van der Waals surface area contributed by atoms with Gasteiger partial charge >= 0.3 is 11.8 Å². The monoisotopic (exact) mass is 438 g/mol. The Morgan fingerprint density at radius 2 is 1.75 bits per heavy atom. The van der Waals surface area contributed by atoms with Crippen LogP contribution in [0.15, 0.2) is 42.5 Å². The molecule has 0 radical (unpaired) electrons. The summed E-state index contributed by atoms with van der Waals surface area (Å²) in [6, 6.07) is 12.6. The van der Waals surface area contributed by atoms with E-state index in [0.717, 1.165) is 20.4 Å². The minimum Gasteiger partial charge on any atom is -0.497 e. The fourth-order valence-corrected chi connectivity index (χ4v) is 2.83. The third-order valence-electron chi connectivity index (χ3n) is 3.61. The molecule has 0 aliphatic heterocycles. The molecule has 0 saturated carbocycles. The maximum atomic E-state index is 12.1. The van der Waals surface area contributed by atoms with Gasteiger partial charge in [0.1, 0.15) is 5.75 Å². The molecule has 0 saturated heterocycles. The van der Waals surface area contributed by atoms with E-state index in [1.165, 1.54) is 0 Å². The van der Waals surface area contributed by atoms with Gasteiger partial charge < -0.3 is 15.4 Å². The second kappa shape index (κ2) is 8.14. The molecule has 0 bridgehead atoms. The number of rotatable bonds is 4. The lowest BCUT2D eigenvalue weighted by Gasteiger charge is -2.15. The normalized spacial score (nSPS) is 11.5. The fourth-order valence-electron chi connectivity index (χ4n) is 2.18. The van der Waals surface area contributed by atoms with Crippen molar-refractivity contribution in [2.75, 3.05) is 12.4 Å². The van der Waals surface area contributed by atoms with Crippen LogP contribution in [-0.4, -0.2) is 18.9 Å². The van der Waals surface area contributed by atoms with Crippen molar-refractivity contribution >= 4 is 40.1 Å². The molecule has 24 heavy (non-hydrogen) atoms. The van der Waals surface area contributed by atoms with Crippen molar-refractivity contribution in [1.29, 1.82) is 0 Å². The summed E-state index contributed by atoms with van der Waals surface area (Å²) in [6.07, 6.45) is 0. The largest absolute Gasteiger partial charge is 0.497 e. The average Bonchev–Trinajstić information content (AvgIpc) is 2.57. The van der Waals surface area contributed by atoms with E-state index in [0.29, 0.717) is 5.69 Å². The first-order valence-electron chi connectivity index (χ1n) is 7.42. The highest BCUT2D eigenvalue weighted by Gasteiger charge is 2.18. The Kier molecular flexibility index (Phi) is 6.19. The van der Waals surface area contributed by atoms with E-state index in [9.17, 15) is 9.59 Å². The van der Waals surface area contributed by atoms with Crippen molar-refractivity contribution in [2.24, 2.45) is 0 Å². The molecule has 126 valence electrons. The lowest BCUT2D eigenvalue weighted by molar-refractivity contribution is -0.136. The third kappa shape index (κ3) is 4.70. The van der Waals surface area contributed by atoms with Crippen molar-refractivity contribution in [3.63, 3.8) is 0 Å². The van der Waals surface area contributed by atoms with Gasteiger partial charge in [-0.2, -0.15) is 0 Å². The Morgan fingerprint density at radius 1 is 1.08 bits per heavy atom. The summed E-state index contributed by atoms with van der Waals surface area (Å²) in [7, 11) is 1.59. The minimum absolute atomic E-state index is 0.285. The maximum absolute atomic E-state index is 12.1. The van der Waals surface area contributed by atoms with Gasteiger partial charge in [-0.05, 0) is 77.9 Å². The second-order valence-electron chi connectivity index (χ2n) is 5.38. The highest BCUT2D eigenvalue weighted by molar-refractivity contribution is 14.1. The van der Waals surface area contributed by atoms with Gasteiger partial charge in [-0.1, -0.05) is 12.1 Å². The first-order chi connectivity index (χ1) is 11.4. The lowest BCUT2D eigenvalue weighted by atomic mass is 10.1. The molecule has 0 spiro atoms. The molecule has 0 aliphatic rings. The molecular weight excluding hydrogens is 419 g/mol. The number of benzene rings is 2. The highest BCUT2D eigenvalue weighted by Crippen LogP contribution is 2.19. The molecular formula is C18H19IN2O3. The van der Waals surface area contributed by atoms with Crippen LogP contribution in [0.2, 0.25) is 0 Å². The first-order valence-corrected chi connectivity index (χ1v) is 8.50. The number of halogens is 1. The van der Waals surface area contributed by atoms with Crippen molar-refractivity contribution < 1.29 is 14.3 Å². The fraction of sp³-hybridized carbons (Fsp3) is 0.222. The number of carbonyl (C=O) groups excluding carboxylic acids is 2. The predicted molar refractivity (Wildman–Crippen MR) is 102 cm³/mol. The van der Waals surface area contributed by atoms with Gasteiger partial charge in [0.2, 0.25) is 0 Å². The lowest BCUT2D eigenvalue weighted by Crippen LogP contribution is -2.37. The molecule has 0 fully saturated rings. The minimum atomic E-state index is -0.681. The topological polar surface area (TPSA) is 67.4 Å². The Morgan fingerprint density at radius 3 is 2.33 bits per heavy atom. The van der Waals surface area contributed by atoms with E-state index < -0.39 is 11.8 Å². The average molecular weight is 438 g/mol. The van der Waals surface area contributed by atoms with E-state index in [4.69, 9.17) is 4.74 Å². The van der Waals surface area contributed by atoms with Crippen molar-refractivity contribution in [3.05, 3.63) is 57.2 Å². The number of ether oxygens (including phenoxy) is 1. The van der Waals surface area contributed by atoms with E-state index in [-0.39, 0.29) is 6.04 Å². The smallest absolute Gasteiger partial charge is 0.313 e. The van der Waals surface area contributed by atoms with Crippen molar-refractivity contribution in [2.45, 2.75) is 19.9 Å². The van der Waals surface area contributed by atoms with Crippen LogP contribution >= 0.6 is 22.6 Å². The molecule has 0 aromatic heterocycles. The van der Waals surface area contributed by atoms with Crippen LogP contribution in [0.5, 0.6) is 5.75 Å². The molecule has 6 heteroatoms. The van der Waals surface area contributed by atoms with Crippen LogP contribution in [0.25, 0.3) is 0 Å². The molecule has 2 N–H and O–H groups in total. The summed E-state index contributed by atoms with van der Waals surface area (Å²) < 4.78 is 6.17. The number of methoxy groups -OCH3 is 1. The summed E-state index contributed by atoms with van der Waals surface area (Å²) in [5.74, 6) is -0.611. The SMILES string of the molecule is COc1ccc(C(C)NC(=O)C(=O)Nc2ccc(I)cc2C)cc1. The first kappa shape index (κ1) is 18.3. The van der Waals surface area contributed by atoms with Crippen molar-refractivity contribution in [1.82, 2.24) is 5.32 Å². The number of hydrogen-bond donors (Lipinski definition) is 2. The molecule has 0 aliphatic carbocycles. The summed E-state index contributed by atoms with van der Waals surface area (Å²) in [4.78, 5) is 24.2. The second-order valence-corrected chi connectivity index (χ2v) is 6.63.